The second kappa shape index (κ2) is 7.94. The van der Waals surface area contributed by atoms with Gasteiger partial charge in [-0.3, -0.25) is 0 Å². The Bertz CT molecular complexity index is 943. The summed E-state index contributed by atoms with van der Waals surface area (Å²) in [5.74, 6) is 0.746. The fraction of sp³-hybridized carbons (Fsp3) is 0.524. The van der Waals surface area contributed by atoms with Crippen molar-refractivity contribution < 1.29 is 13.2 Å². The Kier molecular flexibility index (Phi) is 5.48. The predicted molar refractivity (Wildman–Crippen MR) is 112 cm³/mol. The molecule has 2 heterocycles. The summed E-state index contributed by atoms with van der Waals surface area (Å²) in [6.07, 6.45) is -0.134. The summed E-state index contributed by atoms with van der Waals surface area (Å²) < 4.78 is 41.4. The van der Waals surface area contributed by atoms with Gasteiger partial charge < -0.3 is 21.7 Å². The summed E-state index contributed by atoms with van der Waals surface area (Å²) >= 11 is 0. The first kappa shape index (κ1) is 20.7. The van der Waals surface area contributed by atoms with Crippen LogP contribution in [0.1, 0.15) is 43.0 Å². The van der Waals surface area contributed by atoms with E-state index in [9.17, 15) is 13.2 Å². The zero-order valence-corrected chi connectivity index (χ0v) is 17.0. The molecule has 1 aliphatic carbocycles. The first-order valence-corrected chi connectivity index (χ1v) is 10.4. The van der Waals surface area contributed by atoms with Crippen LogP contribution in [0.15, 0.2) is 12.1 Å². The van der Waals surface area contributed by atoms with Crippen LogP contribution in [0, 0.1) is 0 Å². The number of aromatic nitrogens is 2. The third-order valence-corrected chi connectivity index (χ3v) is 5.86. The second-order valence-corrected chi connectivity index (χ2v) is 8.03. The van der Waals surface area contributed by atoms with Crippen molar-refractivity contribution in [2.75, 3.05) is 36.0 Å². The van der Waals surface area contributed by atoms with E-state index in [2.05, 4.69) is 27.1 Å². The number of alkyl halides is 3. The number of nitrogens with two attached hydrogens (primary N) is 2. The predicted octanol–water partition coefficient (Wildman–Crippen LogP) is 3.39. The van der Waals surface area contributed by atoms with E-state index >= 15 is 0 Å². The number of rotatable bonds is 5. The average Bonchev–Trinajstić information content (AvgIpc) is 3.35. The molecule has 9 heteroatoms. The maximum atomic E-state index is 13.8. The van der Waals surface area contributed by atoms with Gasteiger partial charge in [-0.2, -0.15) is 13.2 Å². The first-order chi connectivity index (χ1) is 14.3. The van der Waals surface area contributed by atoms with Gasteiger partial charge in [0.05, 0.1) is 11.1 Å². The van der Waals surface area contributed by atoms with Crippen molar-refractivity contribution in [3.63, 3.8) is 0 Å². The Morgan fingerprint density at radius 1 is 1.17 bits per heavy atom. The molecule has 0 amide bonds. The van der Waals surface area contributed by atoms with E-state index in [-0.39, 0.29) is 22.8 Å². The molecule has 1 fully saturated rings. The number of nitrogen functional groups attached to an aromatic ring is 2. The molecule has 0 spiro atoms. The van der Waals surface area contributed by atoms with Crippen LogP contribution in [0.5, 0.6) is 0 Å². The van der Waals surface area contributed by atoms with Crippen LogP contribution in [-0.4, -0.2) is 35.6 Å². The van der Waals surface area contributed by atoms with Gasteiger partial charge in [0.2, 0.25) is 0 Å². The van der Waals surface area contributed by atoms with Gasteiger partial charge in [0.25, 0.3) is 0 Å². The van der Waals surface area contributed by atoms with Crippen molar-refractivity contribution in [2.45, 2.75) is 51.2 Å². The largest absolute Gasteiger partial charge is 0.419 e. The molecule has 162 valence electrons. The van der Waals surface area contributed by atoms with Crippen molar-refractivity contribution >= 4 is 17.2 Å². The highest BCUT2D eigenvalue weighted by Crippen LogP contribution is 2.44. The van der Waals surface area contributed by atoms with E-state index in [1.165, 1.54) is 12.1 Å². The molecule has 5 N–H and O–H groups in total. The Morgan fingerprint density at radius 2 is 1.93 bits per heavy atom. The maximum Gasteiger partial charge on any atom is 0.419 e. The molecule has 0 saturated carbocycles. The summed E-state index contributed by atoms with van der Waals surface area (Å²) in [5, 5.41) is 3.52. The summed E-state index contributed by atoms with van der Waals surface area (Å²) in [6, 6.07) is 2.92. The standard InChI is InChI=1S/C21H27F3N6/c1-2-9-27-12-8-10-30(11-12)20-13-4-3-5-16(13)28-19(29-20)17-14(25)6-7-15(26)18(17)21(22,23)24/h6-7,12,27H,2-5,8-11,25-26H2,1H3. The third kappa shape index (κ3) is 3.78. The van der Waals surface area contributed by atoms with Crippen LogP contribution in [0.25, 0.3) is 11.4 Å². The van der Waals surface area contributed by atoms with Crippen LogP contribution >= 0.6 is 0 Å². The van der Waals surface area contributed by atoms with Gasteiger partial charge in [0, 0.05) is 41.8 Å². The Labute approximate surface area is 173 Å². The maximum absolute atomic E-state index is 13.8. The molecule has 6 nitrogen and oxygen atoms in total. The molecule has 0 bridgehead atoms. The number of nitrogens with zero attached hydrogens (tertiary/aromatic N) is 3. The highest BCUT2D eigenvalue weighted by Gasteiger charge is 2.39. The monoisotopic (exact) mass is 420 g/mol. The van der Waals surface area contributed by atoms with Gasteiger partial charge in [-0.25, -0.2) is 9.97 Å². The number of fused-ring (bicyclic) bond motifs is 1. The van der Waals surface area contributed by atoms with E-state index in [1.807, 2.05) is 0 Å². The molecule has 0 radical (unpaired) electrons. The van der Waals surface area contributed by atoms with E-state index in [1.54, 1.807) is 0 Å². The molecular weight excluding hydrogens is 393 g/mol. The Morgan fingerprint density at radius 3 is 2.67 bits per heavy atom. The van der Waals surface area contributed by atoms with Gasteiger partial charge in [-0.1, -0.05) is 6.92 Å². The third-order valence-electron chi connectivity index (χ3n) is 5.86. The minimum absolute atomic E-state index is 0.00717. The van der Waals surface area contributed by atoms with E-state index in [0.29, 0.717) is 6.04 Å². The van der Waals surface area contributed by atoms with Crippen LogP contribution in [0.4, 0.5) is 30.4 Å². The quantitative estimate of drug-likeness (QED) is 0.642. The van der Waals surface area contributed by atoms with Gasteiger partial charge in [-0.05, 0) is 50.8 Å². The number of anilines is 3. The van der Waals surface area contributed by atoms with Crippen LogP contribution in [-0.2, 0) is 19.0 Å². The van der Waals surface area contributed by atoms with Crippen LogP contribution in [0.3, 0.4) is 0 Å². The summed E-state index contributed by atoms with van der Waals surface area (Å²) in [4.78, 5) is 11.3. The SMILES string of the molecule is CCCNC1CCN(c2nc(-c3c(N)ccc(N)c3C(F)(F)F)nc3c2CCC3)C1. The molecular formula is C21H27F3N6. The molecule has 1 aromatic carbocycles. The zero-order chi connectivity index (χ0) is 21.5. The number of nitrogens with one attached hydrogen (secondary N) is 1. The second-order valence-electron chi connectivity index (χ2n) is 8.03. The smallest absolute Gasteiger partial charge is 0.398 e. The fourth-order valence-electron chi connectivity index (χ4n) is 4.43. The van der Waals surface area contributed by atoms with Crippen molar-refractivity contribution in [3.8, 4) is 11.4 Å². The zero-order valence-electron chi connectivity index (χ0n) is 17.0. The van der Waals surface area contributed by atoms with Crippen LogP contribution in [0.2, 0.25) is 0 Å². The minimum atomic E-state index is -4.65. The summed E-state index contributed by atoms with van der Waals surface area (Å²) in [7, 11) is 0. The number of aryl methyl sites for hydroxylation is 1. The highest BCUT2D eigenvalue weighted by atomic mass is 19.4. The lowest BCUT2D eigenvalue weighted by molar-refractivity contribution is -0.136. The van der Waals surface area contributed by atoms with Gasteiger partial charge in [0.15, 0.2) is 5.82 Å². The minimum Gasteiger partial charge on any atom is -0.398 e. The Balaban J connectivity index is 1.80. The van der Waals surface area contributed by atoms with Crippen molar-refractivity contribution in [2.24, 2.45) is 0 Å². The molecule has 1 atom stereocenters. The van der Waals surface area contributed by atoms with Gasteiger partial charge >= 0.3 is 6.18 Å². The lowest BCUT2D eigenvalue weighted by atomic mass is 10.0. The molecule has 1 unspecified atom stereocenters. The number of hydrogen-bond acceptors (Lipinski definition) is 6. The Hall–Kier alpha value is -2.55. The lowest BCUT2D eigenvalue weighted by Crippen LogP contribution is -2.33. The lowest BCUT2D eigenvalue weighted by Gasteiger charge is -2.23. The number of halogens is 3. The molecule has 1 aliphatic heterocycles. The molecule has 4 rings (SSSR count). The van der Waals surface area contributed by atoms with E-state index in [4.69, 9.17) is 11.5 Å². The average molecular weight is 420 g/mol. The number of benzene rings is 1. The van der Waals surface area contributed by atoms with E-state index in [0.717, 1.165) is 68.8 Å². The van der Waals surface area contributed by atoms with Crippen molar-refractivity contribution in [3.05, 3.63) is 29.0 Å². The molecule has 2 aliphatic rings. The molecule has 1 saturated heterocycles. The number of hydrogen-bond donors (Lipinski definition) is 3. The van der Waals surface area contributed by atoms with Crippen LogP contribution < -0.4 is 21.7 Å². The molecule has 1 aromatic heterocycles. The topological polar surface area (TPSA) is 93.1 Å². The first-order valence-electron chi connectivity index (χ1n) is 10.4. The molecule has 30 heavy (non-hydrogen) atoms. The molecule has 2 aromatic rings. The van der Waals surface area contributed by atoms with E-state index < -0.39 is 11.7 Å². The normalized spacial score (nSPS) is 18.8. The van der Waals surface area contributed by atoms with Crippen molar-refractivity contribution in [1.29, 1.82) is 0 Å². The van der Waals surface area contributed by atoms with Gasteiger partial charge in [0.1, 0.15) is 5.82 Å². The van der Waals surface area contributed by atoms with Crippen molar-refractivity contribution in [1.82, 2.24) is 15.3 Å². The summed E-state index contributed by atoms with van der Waals surface area (Å²) in [6.45, 7) is 4.65. The summed E-state index contributed by atoms with van der Waals surface area (Å²) in [5.41, 5.74) is 12.0. The fourth-order valence-corrected chi connectivity index (χ4v) is 4.43. The highest BCUT2D eigenvalue weighted by molar-refractivity contribution is 5.81. The van der Waals surface area contributed by atoms with Gasteiger partial charge in [-0.15, -0.1) is 0 Å².